The van der Waals surface area contributed by atoms with Crippen molar-refractivity contribution in [2.45, 2.75) is 33.9 Å². The Morgan fingerprint density at radius 1 is 1.00 bits per heavy atom. The molecule has 0 spiro atoms. The van der Waals surface area contributed by atoms with Gasteiger partial charge in [0.15, 0.2) is 5.69 Å². The minimum absolute atomic E-state index is 0.230. The van der Waals surface area contributed by atoms with Crippen molar-refractivity contribution in [1.29, 1.82) is 0 Å². The van der Waals surface area contributed by atoms with Gasteiger partial charge in [0, 0.05) is 29.4 Å². The van der Waals surface area contributed by atoms with Crippen molar-refractivity contribution in [2.24, 2.45) is 0 Å². The monoisotopic (exact) mass is 500 g/mol. The Bertz CT molecular complexity index is 1520. The SMILES string of the molecule is Cc1nn(Cc2c(C(=O)NCc3cn(-c4ccccc4)nc3-c3ccccc3)noc2C)c(C)c1Cl. The molecule has 182 valence electrons. The maximum Gasteiger partial charge on any atom is 0.274 e. The normalized spacial score (nSPS) is 11.1. The predicted molar refractivity (Wildman–Crippen MR) is 137 cm³/mol. The van der Waals surface area contributed by atoms with Crippen LogP contribution in [0.25, 0.3) is 16.9 Å². The maximum absolute atomic E-state index is 13.2. The van der Waals surface area contributed by atoms with E-state index in [1.54, 1.807) is 11.6 Å². The molecule has 0 bridgehead atoms. The number of aromatic nitrogens is 5. The van der Waals surface area contributed by atoms with Crippen molar-refractivity contribution in [3.05, 3.63) is 106 Å². The molecule has 0 aliphatic carbocycles. The molecule has 3 aromatic heterocycles. The smallest absolute Gasteiger partial charge is 0.274 e. The molecule has 0 aliphatic rings. The predicted octanol–water partition coefficient (Wildman–Crippen LogP) is 5.28. The lowest BCUT2D eigenvalue weighted by Crippen LogP contribution is -2.25. The zero-order chi connectivity index (χ0) is 25.2. The molecule has 36 heavy (non-hydrogen) atoms. The van der Waals surface area contributed by atoms with Crippen molar-refractivity contribution in [2.75, 3.05) is 0 Å². The molecule has 0 saturated carbocycles. The molecular weight excluding hydrogens is 476 g/mol. The van der Waals surface area contributed by atoms with E-state index in [2.05, 4.69) is 15.6 Å². The molecule has 2 aromatic carbocycles. The summed E-state index contributed by atoms with van der Waals surface area (Å²) >= 11 is 6.30. The van der Waals surface area contributed by atoms with E-state index in [1.807, 2.05) is 85.4 Å². The summed E-state index contributed by atoms with van der Waals surface area (Å²) in [5.74, 6) is 0.228. The maximum atomic E-state index is 13.2. The summed E-state index contributed by atoms with van der Waals surface area (Å²) < 4.78 is 8.95. The van der Waals surface area contributed by atoms with E-state index in [4.69, 9.17) is 21.2 Å². The van der Waals surface area contributed by atoms with Gasteiger partial charge in [-0.05, 0) is 32.9 Å². The molecule has 1 amide bonds. The van der Waals surface area contributed by atoms with E-state index in [0.717, 1.165) is 33.9 Å². The van der Waals surface area contributed by atoms with E-state index in [9.17, 15) is 4.79 Å². The quantitative estimate of drug-likeness (QED) is 0.328. The number of hydrogen-bond donors (Lipinski definition) is 1. The second-order valence-electron chi connectivity index (χ2n) is 8.54. The van der Waals surface area contributed by atoms with Crippen LogP contribution in [0, 0.1) is 20.8 Å². The average molecular weight is 501 g/mol. The summed E-state index contributed by atoms with van der Waals surface area (Å²) in [5.41, 5.74) is 6.03. The number of para-hydroxylation sites is 1. The number of hydrogen-bond acceptors (Lipinski definition) is 5. The molecule has 9 heteroatoms. The Morgan fingerprint density at radius 2 is 1.69 bits per heavy atom. The first-order valence-electron chi connectivity index (χ1n) is 11.5. The van der Waals surface area contributed by atoms with Crippen LogP contribution in [-0.2, 0) is 13.1 Å². The summed E-state index contributed by atoms with van der Waals surface area (Å²) in [6.07, 6.45) is 1.94. The van der Waals surface area contributed by atoms with Gasteiger partial charge in [0.05, 0.1) is 34.3 Å². The highest BCUT2D eigenvalue weighted by atomic mass is 35.5. The van der Waals surface area contributed by atoms with Crippen LogP contribution in [0.4, 0.5) is 0 Å². The average Bonchev–Trinajstić information content (AvgIpc) is 3.57. The Morgan fingerprint density at radius 3 is 2.36 bits per heavy atom. The number of carbonyl (C=O) groups excluding carboxylic acids is 1. The summed E-state index contributed by atoms with van der Waals surface area (Å²) in [6.45, 7) is 6.12. The van der Waals surface area contributed by atoms with Crippen molar-refractivity contribution in [3.8, 4) is 16.9 Å². The van der Waals surface area contributed by atoms with Gasteiger partial charge in [-0.1, -0.05) is 65.3 Å². The Balaban J connectivity index is 1.41. The summed E-state index contributed by atoms with van der Waals surface area (Å²) in [7, 11) is 0. The number of nitrogens with zero attached hydrogens (tertiary/aromatic N) is 5. The molecule has 1 N–H and O–H groups in total. The number of amides is 1. The number of halogens is 1. The molecule has 8 nitrogen and oxygen atoms in total. The largest absolute Gasteiger partial charge is 0.361 e. The van der Waals surface area contributed by atoms with Gasteiger partial charge in [0.2, 0.25) is 0 Å². The van der Waals surface area contributed by atoms with Crippen LogP contribution in [0.3, 0.4) is 0 Å². The number of aryl methyl sites for hydroxylation is 2. The van der Waals surface area contributed by atoms with Gasteiger partial charge < -0.3 is 9.84 Å². The Kier molecular flexibility index (Phi) is 6.43. The highest BCUT2D eigenvalue weighted by Gasteiger charge is 2.22. The standard InChI is InChI=1S/C27H25ClN6O2/c1-17-24(28)18(2)33(30-17)16-23-19(3)36-32-26(23)27(35)29-14-21-15-34(22-12-8-5-9-13-22)31-25(21)20-10-6-4-7-11-20/h4-13,15H,14,16H2,1-3H3,(H,29,35). The van der Waals surface area contributed by atoms with Crippen LogP contribution in [-0.4, -0.2) is 30.6 Å². The first-order valence-corrected chi connectivity index (χ1v) is 11.9. The topological polar surface area (TPSA) is 90.8 Å². The number of nitrogens with one attached hydrogen (secondary N) is 1. The number of carbonyl (C=O) groups is 1. The number of rotatable bonds is 7. The fourth-order valence-electron chi connectivity index (χ4n) is 4.08. The second-order valence-corrected chi connectivity index (χ2v) is 8.92. The van der Waals surface area contributed by atoms with E-state index < -0.39 is 0 Å². The molecule has 0 aliphatic heterocycles. The molecule has 0 fully saturated rings. The van der Waals surface area contributed by atoms with Crippen LogP contribution in [0.15, 0.2) is 71.4 Å². The van der Waals surface area contributed by atoms with Gasteiger partial charge in [-0.2, -0.15) is 10.2 Å². The summed E-state index contributed by atoms with van der Waals surface area (Å²) in [5, 5.41) is 16.9. The van der Waals surface area contributed by atoms with Crippen LogP contribution < -0.4 is 5.32 Å². The fourth-order valence-corrected chi connectivity index (χ4v) is 4.22. The van der Waals surface area contributed by atoms with Gasteiger partial charge in [0.25, 0.3) is 5.91 Å². The molecule has 0 saturated heterocycles. The zero-order valence-electron chi connectivity index (χ0n) is 20.2. The lowest BCUT2D eigenvalue weighted by Gasteiger charge is -2.07. The van der Waals surface area contributed by atoms with E-state index in [1.165, 1.54) is 0 Å². The summed E-state index contributed by atoms with van der Waals surface area (Å²) in [6, 6.07) is 19.8. The van der Waals surface area contributed by atoms with Crippen LogP contribution >= 0.6 is 11.6 Å². The molecular formula is C27H25ClN6O2. The molecule has 5 rings (SSSR count). The van der Waals surface area contributed by atoms with Gasteiger partial charge in [-0.3, -0.25) is 9.48 Å². The molecule has 3 heterocycles. The number of benzene rings is 2. The van der Waals surface area contributed by atoms with Gasteiger partial charge in [0.1, 0.15) is 5.76 Å². The van der Waals surface area contributed by atoms with Gasteiger partial charge in [-0.15, -0.1) is 0 Å². The van der Waals surface area contributed by atoms with Crippen LogP contribution in [0.5, 0.6) is 0 Å². The first kappa shape index (κ1) is 23.6. The third-order valence-corrected chi connectivity index (χ3v) is 6.65. The van der Waals surface area contributed by atoms with Crippen LogP contribution in [0.1, 0.15) is 38.8 Å². The van der Waals surface area contributed by atoms with E-state index in [0.29, 0.717) is 22.9 Å². The Labute approximate surface area is 213 Å². The second kappa shape index (κ2) is 9.83. The lowest BCUT2D eigenvalue weighted by molar-refractivity contribution is 0.0941. The summed E-state index contributed by atoms with van der Waals surface area (Å²) in [4.78, 5) is 13.2. The fraction of sp³-hybridized carbons (Fsp3) is 0.185. The Hall–Kier alpha value is -4.17. The molecule has 5 aromatic rings. The highest BCUT2D eigenvalue weighted by Crippen LogP contribution is 2.25. The van der Waals surface area contributed by atoms with Crippen LogP contribution in [0.2, 0.25) is 5.02 Å². The van der Waals surface area contributed by atoms with Crippen molar-refractivity contribution < 1.29 is 9.32 Å². The van der Waals surface area contributed by atoms with Gasteiger partial charge in [-0.25, -0.2) is 4.68 Å². The molecule has 0 unspecified atom stereocenters. The van der Waals surface area contributed by atoms with Gasteiger partial charge >= 0.3 is 0 Å². The zero-order valence-corrected chi connectivity index (χ0v) is 21.0. The highest BCUT2D eigenvalue weighted by molar-refractivity contribution is 6.31. The minimum Gasteiger partial charge on any atom is -0.361 e. The van der Waals surface area contributed by atoms with Crippen molar-refractivity contribution in [3.63, 3.8) is 0 Å². The third-order valence-electron chi connectivity index (χ3n) is 6.10. The van der Waals surface area contributed by atoms with E-state index in [-0.39, 0.29) is 18.1 Å². The van der Waals surface area contributed by atoms with Crippen molar-refractivity contribution >= 4 is 17.5 Å². The van der Waals surface area contributed by atoms with E-state index >= 15 is 0 Å². The van der Waals surface area contributed by atoms with Crippen molar-refractivity contribution in [1.82, 2.24) is 30.0 Å². The lowest BCUT2D eigenvalue weighted by atomic mass is 10.1. The minimum atomic E-state index is -0.332. The first-order chi connectivity index (χ1) is 17.4. The third kappa shape index (κ3) is 4.55. The molecule has 0 atom stereocenters. The molecule has 0 radical (unpaired) electrons.